The van der Waals surface area contributed by atoms with Gasteiger partial charge in [0, 0.05) is 48.3 Å². The zero-order valence-corrected chi connectivity index (χ0v) is 19.8. The smallest absolute Gasteiger partial charge is 0.240 e. The number of nitrogens with zero attached hydrogens (tertiary/aromatic N) is 2. The molecule has 1 atom stereocenters. The minimum absolute atomic E-state index is 0.106. The Morgan fingerprint density at radius 3 is 2.59 bits per heavy atom. The van der Waals surface area contributed by atoms with Crippen molar-refractivity contribution in [1.29, 1.82) is 0 Å². The van der Waals surface area contributed by atoms with Gasteiger partial charge in [0.05, 0.1) is 4.90 Å². The Labute approximate surface area is 195 Å². The number of hydrogen-bond donors (Lipinski definition) is 1. The van der Waals surface area contributed by atoms with Gasteiger partial charge in [0.25, 0.3) is 0 Å². The summed E-state index contributed by atoms with van der Waals surface area (Å²) in [6.07, 6.45) is 2.41. The average Bonchev–Trinajstić information content (AvgIpc) is 2.79. The Balaban J connectivity index is 1.34. The van der Waals surface area contributed by atoms with Crippen LogP contribution in [0.5, 0.6) is 0 Å². The van der Waals surface area contributed by atoms with Crippen LogP contribution in [-0.4, -0.2) is 52.6 Å². The number of fused-ring (bicyclic) bond motifs is 2. The second-order valence-corrected chi connectivity index (χ2v) is 11.0. The predicted molar refractivity (Wildman–Crippen MR) is 131 cm³/mol. The van der Waals surface area contributed by atoms with Gasteiger partial charge in [-0.15, -0.1) is 0 Å². The fourth-order valence-electron chi connectivity index (χ4n) is 4.91. The lowest BCUT2D eigenvalue weighted by Gasteiger charge is -2.37. The van der Waals surface area contributed by atoms with E-state index in [9.17, 15) is 8.42 Å². The van der Waals surface area contributed by atoms with E-state index >= 15 is 0 Å². The summed E-state index contributed by atoms with van der Waals surface area (Å²) in [6, 6.07) is 17.0. The van der Waals surface area contributed by atoms with E-state index in [4.69, 9.17) is 11.6 Å². The van der Waals surface area contributed by atoms with Crippen molar-refractivity contribution >= 4 is 38.1 Å². The van der Waals surface area contributed by atoms with Crippen LogP contribution in [-0.2, 0) is 22.9 Å². The Kier molecular flexibility index (Phi) is 5.88. The summed E-state index contributed by atoms with van der Waals surface area (Å²) < 4.78 is 29.2. The number of anilines is 1. The highest BCUT2D eigenvalue weighted by molar-refractivity contribution is 7.89. The molecule has 5 rings (SSSR count). The molecule has 0 radical (unpaired) electrons. The number of hydrogen-bond acceptors (Lipinski definition) is 4. The van der Waals surface area contributed by atoms with Gasteiger partial charge in [-0.1, -0.05) is 41.9 Å². The molecule has 0 spiro atoms. The normalized spacial score (nSPS) is 19.8. The molecule has 3 aromatic rings. The predicted octanol–water partition coefficient (Wildman–Crippen LogP) is 4.08. The summed E-state index contributed by atoms with van der Waals surface area (Å²) in [4.78, 5) is 5.12. The molecule has 1 fully saturated rings. The van der Waals surface area contributed by atoms with Gasteiger partial charge in [0.15, 0.2) is 0 Å². The van der Waals surface area contributed by atoms with E-state index in [0.29, 0.717) is 5.02 Å². The molecule has 0 aromatic heterocycles. The largest absolute Gasteiger partial charge is 0.369 e. The summed E-state index contributed by atoms with van der Waals surface area (Å²) in [5.74, 6) is 0. The van der Waals surface area contributed by atoms with Crippen LogP contribution in [0, 0.1) is 0 Å². The first-order valence-corrected chi connectivity index (χ1v) is 13.0. The maximum absolute atomic E-state index is 13.1. The van der Waals surface area contributed by atoms with Crippen LogP contribution in [0.4, 0.5) is 5.69 Å². The molecule has 3 aromatic carbocycles. The van der Waals surface area contributed by atoms with E-state index in [1.54, 1.807) is 18.2 Å². The molecule has 32 heavy (non-hydrogen) atoms. The fraction of sp³-hybridized carbons (Fsp3) is 0.360. The lowest BCUT2D eigenvalue weighted by molar-refractivity contribution is 0.312. The molecular formula is C25H28ClN3O2S. The van der Waals surface area contributed by atoms with Crippen LogP contribution < -0.4 is 9.62 Å². The Bertz CT molecular complexity index is 1250. The average molecular weight is 470 g/mol. The van der Waals surface area contributed by atoms with Crippen molar-refractivity contribution in [3.05, 3.63) is 70.7 Å². The third-order valence-electron chi connectivity index (χ3n) is 6.73. The van der Waals surface area contributed by atoms with E-state index < -0.39 is 10.0 Å². The van der Waals surface area contributed by atoms with Crippen LogP contribution in [0.25, 0.3) is 10.8 Å². The number of halogens is 1. The van der Waals surface area contributed by atoms with Crippen LogP contribution in [0.3, 0.4) is 0 Å². The van der Waals surface area contributed by atoms with Crippen molar-refractivity contribution in [3.8, 4) is 0 Å². The SMILES string of the molecule is CN1CCN(c2cccc3c2CC[C@H](NS(=O)(=O)c2ccc4c(Cl)cccc4c2)C3)CC1. The third-order valence-corrected chi connectivity index (χ3v) is 8.58. The second kappa shape index (κ2) is 8.67. The van der Waals surface area contributed by atoms with E-state index in [0.717, 1.165) is 56.2 Å². The third kappa shape index (κ3) is 4.25. The van der Waals surface area contributed by atoms with Crippen molar-refractivity contribution in [3.63, 3.8) is 0 Å². The van der Waals surface area contributed by atoms with E-state index in [1.807, 2.05) is 18.2 Å². The standard InChI is InChI=1S/C25H28ClN3O2S/c1-28-12-14-29(15-13-28)25-7-3-5-18-16-20(8-10-23(18)25)27-32(30,31)21-9-11-22-19(17-21)4-2-6-24(22)26/h2-7,9,11,17,20,27H,8,10,12-16H2,1H3/t20-/m0/s1. The van der Waals surface area contributed by atoms with Crippen LogP contribution in [0.15, 0.2) is 59.5 Å². The van der Waals surface area contributed by atoms with Gasteiger partial charge in [-0.05, 0) is 67.1 Å². The fourth-order valence-corrected chi connectivity index (χ4v) is 6.46. The molecule has 0 amide bonds. The number of likely N-dealkylation sites (N-methyl/N-ethyl adjacent to an activating group) is 1. The summed E-state index contributed by atoms with van der Waals surface area (Å²) in [7, 11) is -1.45. The summed E-state index contributed by atoms with van der Waals surface area (Å²) in [5.41, 5.74) is 3.96. The Morgan fingerprint density at radius 1 is 1.00 bits per heavy atom. The van der Waals surface area contributed by atoms with Crippen molar-refractivity contribution in [2.24, 2.45) is 0 Å². The number of rotatable bonds is 4. The van der Waals surface area contributed by atoms with Crippen LogP contribution >= 0.6 is 11.6 Å². The molecule has 5 nitrogen and oxygen atoms in total. The zero-order valence-electron chi connectivity index (χ0n) is 18.2. The summed E-state index contributed by atoms with van der Waals surface area (Å²) >= 11 is 6.23. The summed E-state index contributed by atoms with van der Waals surface area (Å²) in [5, 5.41) is 2.31. The van der Waals surface area contributed by atoms with Gasteiger partial charge >= 0.3 is 0 Å². The highest BCUT2D eigenvalue weighted by Crippen LogP contribution is 2.32. The molecule has 1 saturated heterocycles. The molecule has 0 saturated carbocycles. The molecule has 0 bridgehead atoms. The number of benzene rings is 3. The van der Waals surface area contributed by atoms with Gasteiger partial charge in [-0.25, -0.2) is 13.1 Å². The minimum atomic E-state index is -3.61. The van der Waals surface area contributed by atoms with Crippen LogP contribution in [0.1, 0.15) is 17.5 Å². The second-order valence-electron chi connectivity index (χ2n) is 8.89. The Hall–Kier alpha value is -2.12. The van der Waals surface area contributed by atoms with E-state index in [2.05, 4.69) is 39.8 Å². The monoisotopic (exact) mass is 469 g/mol. The van der Waals surface area contributed by atoms with Gasteiger partial charge in [-0.3, -0.25) is 0 Å². The molecular weight excluding hydrogens is 442 g/mol. The number of nitrogens with one attached hydrogen (secondary N) is 1. The molecule has 1 aliphatic heterocycles. The van der Waals surface area contributed by atoms with Crippen LogP contribution in [0.2, 0.25) is 5.02 Å². The lowest BCUT2D eigenvalue weighted by Crippen LogP contribution is -2.45. The van der Waals surface area contributed by atoms with Gasteiger partial charge in [-0.2, -0.15) is 0 Å². The van der Waals surface area contributed by atoms with Crippen molar-refractivity contribution in [1.82, 2.24) is 9.62 Å². The maximum atomic E-state index is 13.1. The first kappa shape index (κ1) is 21.7. The molecule has 1 N–H and O–H groups in total. The van der Waals surface area contributed by atoms with Gasteiger partial charge < -0.3 is 9.80 Å². The van der Waals surface area contributed by atoms with Crippen molar-refractivity contribution in [2.45, 2.75) is 30.2 Å². The highest BCUT2D eigenvalue weighted by Gasteiger charge is 2.27. The minimum Gasteiger partial charge on any atom is -0.369 e. The first-order valence-electron chi connectivity index (χ1n) is 11.2. The quantitative estimate of drug-likeness (QED) is 0.625. The lowest BCUT2D eigenvalue weighted by atomic mass is 9.87. The van der Waals surface area contributed by atoms with Gasteiger partial charge in [0.1, 0.15) is 0 Å². The number of piperazine rings is 1. The first-order chi connectivity index (χ1) is 15.4. The Morgan fingerprint density at radius 2 is 1.78 bits per heavy atom. The van der Waals surface area contributed by atoms with Crippen molar-refractivity contribution in [2.75, 3.05) is 38.1 Å². The number of sulfonamides is 1. The highest BCUT2D eigenvalue weighted by atomic mass is 35.5. The van der Waals surface area contributed by atoms with Crippen molar-refractivity contribution < 1.29 is 8.42 Å². The van der Waals surface area contributed by atoms with E-state index in [1.165, 1.54) is 16.8 Å². The van der Waals surface area contributed by atoms with Gasteiger partial charge in [0.2, 0.25) is 10.0 Å². The van der Waals surface area contributed by atoms with E-state index in [-0.39, 0.29) is 10.9 Å². The topological polar surface area (TPSA) is 52.6 Å². The molecule has 0 unspecified atom stereocenters. The molecule has 2 aliphatic rings. The summed E-state index contributed by atoms with van der Waals surface area (Å²) in [6.45, 7) is 4.22. The zero-order chi connectivity index (χ0) is 22.3. The molecule has 1 aliphatic carbocycles. The molecule has 7 heteroatoms. The molecule has 1 heterocycles. The maximum Gasteiger partial charge on any atom is 0.240 e. The molecule has 168 valence electrons.